The largest absolute Gasteiger partial charge is 0.0649 e. The summed E-state index contributed by atoms with van der Waals surface area (Å²) in [7, 11) is 0. The molecule has 1 fully saturated rings. The Hall–Kier alpha value is 0. The fourth-order valence-corrected chi connectivity index (χ4v) is 6.01. The average Bonchev–Trinajstić information content (AvgIpc) is 2.44. The molecular weight excluding hydrogens is 264 g/mol. The molecule has 132 valence electrons. The van der Waals surface area contributed by atoms with Gasteiger partial charge in [-0.15, -0.1) is 0 Å². The zero-order valence-electron chi connectivity index (χ0n) is 17.7. The van der Waals surface area contributed by atoms with Gasteiger partial charge in [0.2, 0.25) is 0 Å². The lowest BCUT2D eigenvalue weighted by Crippen LogP contribution is -2.69. The minimum absolute atomic E-state index is 0.442. The van der Waals surface area contributed by atoms with Crippen LogP contribution in [0.15, 0.2) is 0 Å². The second kappa shape index (κ2) is 6.14. The summed E-state index contributed by atoms with van der Waals surface area (Å²) in [5.41, 5.74) is 1.34. The van der Waals surface area contributed by atoms with Crippen LogP contribution in [0, 0.1) is 51.8 Å². The van der Waals surface area contributed by atoms with E-state index >= 15 is 0 Å². The fraction of sp³-hybridized carbons (Fsp3) is 1.00. The topological polar surface area (TPSA) is 0 Å². The standard InChI is InChI=1S/C22H44/c1-13-20(9,10)17(7)19-18(8)22(12,16(6)14(2)3)21(19,11)15(4)5/h14-19H,13H2,1-12H3. The monoisotopic (exact) mass is 308 g/mol. The Labute approximate surface area is 141 Å². The zero-order valence-corrected chi connectivity index (χ0v) is 17.7. The number of hydrogen-bond donors (Lipinski definition) is 0. The normalized spacial score (nSPS) is 39.0. The first-order valence-corrected chi connectivity index (χ1v) is 9.80. The molecule has 0 N–H and O–H groups in total. The molecule has 0 bridgehead atoms. The maximum absolute atomic E-state index is 2.61. The van der Waals surface area contributed by atoms with Crippen molar-refractivity contribution < 1.29 is 0 Å². The molecule has 1 rings (SSSR count). The Morgan fingerprint density at radius 3 is 1.68 bits per heavy atom. The second-order valence-electron chi connectivity index (χ2n) is 10.2. The molecule has 6 atom stereocenters. The van der Waals surface area contributed by atoms with Gasteiger partial charge in [0.25, 0.3) is 0 Å². The van der Waals surface area contributed by atoms with Crippen LogP contribution in [0.5, 0.6) is 0 Å². The van der Waals surface area contributed by atoms with E-state index in [9.17, 15) is 0 Å². The van der Waals surface area contributed by atoms with E-state index in [1.807, 2.05) is 0 Å². The Balaban J connectivity index is 3.30. The Morgan fingerprint density at radius 1 is 0.909 bits per heavy atom. The van der Waals surface area contributed by atoms with E-state index in [0.29, 0.717) is 16.2 Å². The summed E-state index contributed by atoms with van der Waals surface area (Å²) in [6, 6.07) is 0. The molecule has 0 aromatic carbocycles. The third-order valence-corrected chi connectivity index (χ3v) is 9.17. The molecule has 1 saturated carbocycles. The maximum atomic E-state index is 2.61. The van der Waals surface area contributed by atoms with E-state index in [2.05, 4.69) is 83.1 Å². The summed E-state index contributed by atoms with van der Waals surface area (Å²) < 4.78 is 0. The summed E-state index contributed by atoms with van der Waals surface area (Å²) in [5, 5.41) is 0. The molecule has 0 aromatic heterocycles. The molecule has 0 aliphatic heterocycles. The predicted molar refractivity (Wildman–Crippen MR) is 101 cm³/mol. The Morgan fingerprint density at radius 2 is 1.36 bits per heavy atom. The van der Waals surface area contributed by atoms with Crippen molar-refractivity contribution in [1.29, 1.82) is 0 Å². The Kier molecular flexibility index (Phi) is 5.59. The van der Waals surface area contributed by atoms with Crippen LogP contribution in [0.3, 0.4) is 0 Å². The first-order chi connectivity index (χ1) is 9.80. The van der Waals surface area contributed by atoms with Crippen LogP contribution in [-0.2, 0) is 0 Å². The minimum atomic E-state index is 0.442. The van der Waals surface area contributed by atoms with Gasteiger partial charge in [0.05, 0.1) is 0 Å². The van der Waals surface area contributed by atoms with Crippen LogP contribution in [-0.4, -0.2) is 0 Å². The third-order valence-electron chi connectivity index (χ3n) is 9.17. The Bertz CT molecular complexity index is 377. The summed E-state index contributed by atoms with van der Waals surface area (Å²) in [6.45, 7) is 29.9. The van der Waals surface area contributed by atoms with Crippen molar-refractivity contribution in [1.82, 2.24) is 0 Å². The molecular formula is C22H44. The molecule has 22 heavy (non-hydrogen) atoms. The quantitative estimate of drug-likeness (QED) is 0.483. The molecule has 0 amide bonds. The minimum Gasteiger partial charge on any atom is -0.0649 e. The van der Waals surface area contributed by atoms with E-state index in [1.165, 1.54) is 6.42 Å². The van der Waals surface area contributed by atoms with Crippen molar-refractivity contribution in [3.05, 3.63) is 0 Å². The van der Waals surface area contributed by atoms with Crippen molar-refractivity contribution >= 4 is 0 Å². The van der Waals surface area contributed by atoms with Crippen LogP contribution in [0.4, 0.5) is 0 Å². The van der Waals surface area contributed by atoms with E-state index in [-0.39, 0.29) is 0 Å². The van der Waals surface area contributed by atoms with Gasteiger partial charge in [-0.2, -0.15) is 0 Å². The van der Waals surface area contributed by atoms with Crippen LogP contribution in [0.1, 0.15) is 89.5 Å². The first kappa shape index (κ1) is 20.0. The zero-order chi connectivity index (χ0) is 17.7. The number of hydrogen-bond acceptors (Lipinski definition) is 0. The maximum Gasteiger partial charge on any atom is -0.0210 e. The molecule has 0 radical (unpaired) electrons. The van der Waals surface area contributed by atoms with E-state index in [1.54, 1.807) is 0 Å². The highest BCUT2D eigenvalue weighted by Crippen LogP contribution is 2.74. The van der Waals surface area contributed by atoms with Crippen molar-refractivity contribution in [2.75, 3.05) is 0 Å². The van der Waals surface area contributed by atoms with Gasteiger partial charge in [0.1, 0.15) is 0 Å². The lowest BCUT2D eigenvalue weighted by Gasteiger charge is -2.74. The molecule has 0 spiro atoms. The average molecular weight is 309 g/mol. The molecule has 0 heterocycles. The summed E-state index contributed by atoms with van der Waals surface area (Å²) >= 11 is 0. The van der Waals surface area contributed by atoms with E-state index in [0.717, 1.165) is 35.5 Å². The first-order valence-electron chi connectivity index (χ1n) is 9.80. The molecule has 1 aliphatic carbocycles. The van der Waals surface area contributed by atoms with E-state index < -0.39 is 0 Å². The molecule has 0 nitrogen and oxygen atoms in total. The summed E-state index contributed by atoms with van der Waals surface area (Å²) in [5.74, 6) is 4.73. The molecule has 0 heteroatoms. The highest BCUT2D eigenvalue weighted by atomic mass is 14.7. The lowest BCUT2D eigenvalue weighted by atomic mass is 9.30. The van der Waals surface area contributed by atoms with Gasteiger partial charge in [-0.3, -0.25) is 0 Å². The van der Waals surface area contributed by atoms with Gasteiger partial charge in [-0.1, -0.05) is 89.5 Å². The van der Waals surface area contributed by atoms with Gasteiger partial charge >= 0.3 is 0 Å². The molecule has 0 aromatic rings. The van der Waals surface area contributed by atoms with Crippen molar-refractivity contribution in [3.63, 3.8) is 0 Å². The van der Waals surface area contributed by atoms with Crippen molar-refractivity contribution in [2.24, 2.45) is 51.8 Å². The SMILES string of the molecule is CCC(C)(C)C(C)C1C(C)C(C)(C(C)C(C)C)C1(C)C(C)C. The van der Waals surface area contributed by atoms with Crippen LogP contribution < -0.4 is 0 Å². The fourth-order valence-electron chi connectivity index (χ4n) is 6.01. The smallest absolute Gasteiger partial charge is 0.0210 e. The van der Waals surface area contributed by atoms with Gasteiger partial charge in [-0.25, -0.2) is 0 Å². The summed E-state index contributed by atoms with van der Waals surface area (Å²) in [6.07, 6.45) is 1.28. The second-order valence-corrected chi connectivity index (χ2v) is 10.2. The van der Waals surface area contributed by atoms with Crippen LogP contribution >= 0.6 is 0 Å². The molecule has 6 unspecified atom stereocenters. The highest BCUT2D eigenvalue weighted by Gasteiger charge is 2.69. The molecule has 0 saturated heterocycles. The van der Waals surface area contributed by atoms with Gasteiger partial charge in [0.15, 0.2) is 0 Å². The van der Waals surface area contributed by atoms with Gasteiger partial charge < -0.3 is 0 Å². The summed E-state index contributed by atoms with van der Waals surface area (Å²) in [4.78, 5) is 0. The van der Waals surface area contributed by atoms with Crippen molar-refractivity contribution in [2.45, 2.75) is 89.5 Å². The predicted octanol–water partition coefficient (Wildman–Crippen LogP) is 7.29. The lowest BCUT2D eigenvalue weighted by molar-refractivity contribution is -0.268. The van der Waals surface area contributed by atoms with Crippen LogP contribution in [0.25, 0.3) is 0 Å². The third kappa shape index (κ3) is 2.48. The van der Waals surface area contributed by atoms with E-state index in [4.69, 9.17) is 0 Å². The van der Waals surface area contributed by atoms with Crippen LogP contribution in [0.2, 0.25) is 0 Å². The van der Waals surface area contributed by atoms with Gasteiger partial charge in [-0.05, 0) is 51.8 Å². The van der Waals surface area contributed by atoms with Gasteiger partial charge in [0, 0.05) is 0 Å². The highest BCUT2D eigenvalue weighted by molar-refractivity contribution is 5.16. The number of rotatable bonds is 6. The molecule has 1 aliphatic rings. The van der Waals surface area contributed by atoms with Crippen molar-refractivity contribution in [3.8, 4) is 0 Å².